The van der Waals surface area contributed by atoms with E-state index in [1.165, 1.54) is 18.4 Å². The molecule has 1 heterocycles. The van der Waals surface area contributed by atoms with Crippen molar-refractivity contribution in [3.05, 3.63) is 28.6 Å². The number of thiophene rings is 1. The molecule has 1 amide bonds. The first-order chi connectivity index (χ1) is 9.69. The lowest BCUT2D eigenvalue weighted by atomic mass is 10.1. The van der Waals surface area contributed by atoms with Gasteiger partial charge in [-0.1, -0.05) is 11.6 Å². The van der Waals surface area contributed by atoms with Crippen LogP contribution in [0.2, 0.25) is 0 Å². The summed E-state index contributed by atoms with van der Waals surface area (Å²) in [6.45, 7) is 1.53. The zero-order chi connectivity index (χ0) is 15.8. The molecular formula is C14H15F3N2OS. The molecule has 0 aliphatic carbocycles. The molecular weight excluding hydrogens is 301 g/mol. The molecule has 0 fully saturated rings. The van der Waals surface area contributed by atoms with Gasteiger partial charge in [0.1, 0.15) is 4.88 Å². The Balaban J connectivity index is 2.25. The zero-order valence-electron chi connectivity index (χ0n) is 11.6. The molecule has 0 atom stereocenters. The summed E-state index contributed by atoms with van der Waals surface area (Å²) < 4.78 is 37.5. The number of anilines is 1. The van der Waals surface area contributed by atoms with E-state index in [1.807, 2.05) is 25.1 Å². The molecule has 0 unspecified atom stereocenters. The highest BCUT2D eigenvalue weighted by Crippen LogP contribution is 2.35. The number of carbonyl (C=O) groups is 1. The van der Waals surface area contributed by atoms with Gasteiger partial charge >= 0.3 is 6.18 Å². The van der Waals surface area contributed by atoms with Crippen molar-refractivity contribution in [2.75, 3.05) is 19.3 Å². The van der Waals surface area contributed by atoms with Crippen LogP contribution < -0.4 is 5.73 Å². The van der Waals surface area contributed by atoms with Crippen LogP contribution in [0.4, 0.5) is 18.9 Å². The molecule has 2 aromatic rings. The van der Waals surface area contributed by atoms with E-state index in [-0.39, 0.29) is 6.54 Å². The Morgan fingerprint density at radius 3 is 2.67 bits per heavy atom. The van der Waals surface area contributed by atoms with E-state index in [0.717, 1.165) is 20.5 Å². The van der Waals surface area contributed by atoms with E-state index in [1.54, 1.807) is 0 Å². The van der Waals surface area contributed by atoms with Crippen molar-refractivity contribution in [3.8, 4) is 0 Å². The molecule has 1 aromatic carbocycles. The minimum absolute atomic E-state index is 0.292. The molecule has 21 heavy (non-hydrogen) atoms. The average molecular weight is 316 g/mol. The summed E-state index contributed by atoms with van der Waals surface area (Å²) in [4.78, 5) is 13.6. The Hall–Kier alpha value is -1.76. The molecule has 2 rings (SSSR count). The van der Waals surface area contributed by atoms with Crippen LogP contribution in [0.5, 0.6) is 0 Å². The molecule has 0 radical (unpaired) electrons. The van der Waals surface area contributed by atoms with Gasteiger partial charge in [0, 0.05) is 23.7 Å². The van der Waals surface area contributed by atoms with Crippen LogP contribution in [0.1, 0.15) is 21.7 Å². The quantitative estimate of drug-likeness (QED) is 0.936. The van der Waals surface area contributed by atoms with Gasteiger partial charge in [-0.25, -0.2) is 0 Å². The highest BCUT2D eigenvalue weighted by atomic mass is 32.1. The van der Waals surface area contributed by atoms with E-state index in [0.29, 0.717) is 10.6 Å². The fraction of sp³-hybridized carbons (Fsp3) is 0.357. The van der Waals surface area contributed by atoms with Gasteiger partial charge in [0.15, 0.2) is 0 Å². The third-order valence-electron chi connectivity index (χ3n) is 3.15. The second-order valence-electron chi connectivity index (χ2n) is 4.94. The smallest absolute Gasteiger partial charge is 0.390 e. The molecule has 7 heteroatoms. The Labute approximate surface area is 124 Å². The van der Waals surface area contributed by atoms with Crippen molar-refractivity contribution in [2.24, 2.45) is 0 Å². The van der Waals surface area contributed by atoms with Crippen LogP contribution in [0.15, 0.2) is 18.2 Å². The molecule has 3 nitrogen and oxygen atoms in total. The molecule has 0 aliphatic rings. The lowest BCUT2D eigenvalue weighted by Crippen LogP contribution is -2.30. The summed E-state index contributed by atoms with van der Waals surface area (Å²) in [6.07, 6.45) is -5.31. The van der Waals surface area contributed by atoms with Crippen molar-refractivity contribution >= 4 is 33.0 Å². The highest BCUT2D eigenvalue weighted by molar-refractivity contribution is 7.21. The van der Waals surface area contributed by atoms with Crippen molar-refractivity contribution in [1.29, 1.82) is 0 Å². The Morgan fingerprint density at radius 1 is 1.38 bits per heavy atom. The van der Waals surface area contributed by atoms with Gasteiger partial charge in [0.2, 0.25) is 0 Å². The lowest BCUT2D eigenvalue weighted by Gasteiger charge is -2.17. The number of carbonyl (C=O) groups excluding carboxylic acids is 1. The van der Waals surface area contributed by atoms with E-state index in [2.05, 4.69) is 0 Å². The normalized spacial score (nSPS) is 11.9. The van der Waals surface area contributed by atoms with Crippen molar-refractivity contribution < 1.29 is 18.0 Å². The molecule has 0 saturated heterocycles. The first kappa shape index (κ1) is 15.6. The van der Waals surface area contributed by atoms with Gasteiger partial charge in [-0.05, 0) is 19.1 Å². The van der Waals surface area contributed by atoms with E-state index in [4.69, 9.17) is 5.73 Å². The van der Waals surface area contributed by atoms with Crippen molar-refractivity contribution in [2.45, 2.75) is 19.5 Å². The zero-order valence-corrected chi connectivity index (χ0v) is 12.4. The van der Waals surface area contributed by atoms with Crippen LogP contribution >= 0.6 is 11.3 Å². The number of nitrogen functional groups attached to an aromatic ring is 1. The minimum Gasteiger partial charge on any atom is -0.397 e. The summed E-state index contributed by atoms with van der Waals surface area (Å²) in [6, 6.07) is 5.63. The third-order valence-corrected chi connectivity index (χ3v) is 4.33. The molecule has 2 N–H and O–H groups in total. The third kappa shape index (κ3) is 3.47. The fourth-order valence-electron chi connectivity index (χ4n) is 1.96. The number of hydrogen-bond acceptors (Lipinski definition) is 3. The van der Waals surface area contributed by atoms with E-state index >= 15 is 0 Å². The summed E-state index contributed by atoms with van der Waals surface area (Å²) in [7, 11) is 1.35. The number of halogens is 3. The monoisotopic (exact) mass is 316 g/mol. The average Bonchev–Trinajstić information content (AvgIpc) is 2.71. The summed E-state index contributed by atoms with van der Waals surface area (Å²) in [5.41, 5.74) is 7.32. The molecule has 114 valence electrons. The summed E-state index contributed by atoms with van der Waals surface area (Å²) in [5.74, 6) is -0.476. The fourth-order valence-corrected chi connectivity index (χ4v) is 3.06. The summed E-state index contributed by atoms with van der Waals surface area (Å²) in [5, 5.41) is 0.771. The molecule has 0 spiro atoms. The largest absolute Gasteiger partial charge is 0.397 e. The molecule has 0 saturated carbocycles. The number of alkyl halides is 3. The van der Waals surface area contributed by atoms with Crippen LogP contribution in [-0.2, 0) is 0 Å². The first-order valence-corrected chi connectivity index (χ1v) is 7.11. The number of amides is 1. The number of hydrogen-bond donors (Lipinski definition) is 1. The Kier molecular flexibility index (Phi) is 4.13. The van der Waals surface area contributed by atoms with Crippen LogP contribution in [0.25, 0.3) is 10.1 Å². The number of fused-ring (bicyclic) bond motifs is 1. The van der Waals surface area contributed by atoms with Crippen LogP contribution in [-0.4, -0.2) is 30.6 Å². The SMILES string of the molecule is Cc1ccc2sc(C(=O)N(C)CCC(F)(F)F)c(N)c2c1. The summed E-state index contributed by atoms with van der Waals surface area (Å²) >= 11 is 1.20. The van der Waals surface area contributed by atoms with Gasteiger partial charge in [-0.15, -0.1) is 11.3 Å². The Morgan fingerprint density at radius 2 is 2.05 bits per heavy atom. The maximum Gasteiger partial charge on any atom is 0.390 e. The van der Waals surface area contributed by atoms with Gasteiger partial charge in [0.25, 0.3) is 5.91 Å². The van der Waals surface area contributed by atoms with Crippen molar-refractivity contribution in [1.82, 2.24) is 4.90 Å². The predicted molar refractivity (Wildman–Crippen MR) is 78.6 cm³/mol. The van der Waals surface area contributed by atoms with Crippen LogP contribution in [0.3, 0.4) is 0 Å². The Bertz CT molecular complexity index is 679. The highest BCUT2D eigenvalue weighted by Gasteiger charge is 2.29. The second kappa shape index (κ2) is 5.55. The molecule has 1 aromatic heterocycles. The predicted octanol–water partition coefficient (Wildman–Crippen LogP) is 3.82. The maximum atomic E-state index is 12.2. The minimum atomic E-state index is -4.28. The number of rotatable bonds is 3. The first-order valence-electron chi connectivity index (χ1n) is 6.30. The van der Waals surface area contributed by atoms with Crippen LogP contribution in [0, 0.1) is 6.92 Å². The topological polar surface area (TPSA) is 46.3 Å². The van der Waals surface area contributed by atoms with Gasteiger partial charge in [-0.2, -0.15) is 13.2 Å². The molecule has 0 bridgehead atoms. The van der Waals surface area contributed by atoms with Gasteiger partial charge in [0.05, 0.1) is 12.1 Å². The van der Waals surface area contributed by atoms with Gasteiger partial charge in [-0.3, -0.25) is 4.79 Å². The standard InChI is InChI=1S/C14H15F3N2OS/c1-8-3-4-10-9(7-8)11(18)12(21-10)13(20)19(2)6-5-14(15,16)17/h3-4,7H,5-6,18H2,1-2H3. The second-order valence-corrected chi connectivity index (χ2v) is 5.99. The molecule has 0 aliphatic heterocycles. The van der Waals surface area contributed by atoms with Gasteiger partial charge < -0.3 is 10.6 Å². The number of aryl methyl sites for hydroxylation is 1. The maximum absolute atomic E-state index is 12.2. The van der Waals surface area contributed by atoms with E-state index < -0.39 is 18.5 Å². The lowest BCUT2D eigenvalue weighted by molar-refractivity contribution is -0.136. The number of nitrogens with two attached hydrogens (primary N) is 1. The number of nitrogens with zero attached hydrogens (tertiary/aromatic N) is 1. The number of benzene rings is 1. The van der Waals surface area contributed by atoms with E-state index in [9.17, 15) is 18.0 Å². The van der Waals surface area contributed by atoms with Crippen molar-refractivity contribution in [3.63, 3.8) is 0 Å².